The Balaban J connectivity index is 1.13. The molecule has 1 heterocycles. The number of fused-ring (bicyclic) bond motifs is 4. The normalized spacial score (nSPS) is 12.9. The molecule has 0 atom stereocenters. The first-order valence-corrected chi connectivity index (χ1v) is 16.8. The van der Waals surface area contributed by atoms with Crippen molar-refractivity contribution in [3.05, 3.63) is 181 Å². The molecule has 49 heavy (non-hydrogen) atoms. The molecule has 1 aromatic heterocycles. The molecule has 0 saturated heterocycles. The molecule has 9 rings (SSSR count). The average Bonchev–Trinajstić information content (AvgIpc) is 3.69. The van der Waals surface area contributed by atoms with Crippen LogP contribution in [0.4, 0.5) is 17.1 Å². The minimum Gasteiger partial charge on any atom is -0.436 e. The second kappa shape index (κ2) is 11.5. The zero-order valence-corrected chi connectivity index (χ0v) is 27.5. The van der Waals surface area contributed by atoms with E-state index in [1.165, 1.54) is 38.9 Å². The first-order chi connectivity index (χ1) is 24.0. The van der Waals surface area contributed by atoms with Gasteiger partial charge in [-0.15, -0.1) is 0 Å². The molecular weight excluding hydrogens is 597 g/mol. The monoisotopic (exact) mass is 630 g/mol. The fourth-order valence-corrected chi connectivity index (χ4v) is 7.33. The molecule has 0 amide bonds. The highest BCUT2D eigenvalue weighted by Crippen LogP contribution is 2.50. The molecule has 0 aliphatic heterocycles. The van der Waals surface area contributed by atoms with Crippen LogP contribution in [0.15, 0.2) is 174 Å². The molecule has 3 heteroatoms. The SMILES string of the molecule is CC1(C)c2ccccc2-c2ccc(N(c3ccc(-c4ccccc4)cc3)c3ccc4oc(-c5ccc(-c6ccccc6)cc5)nc4c3)cc21. The average molecular weight is 631 g/mol. The van der Waals surface area contributed by atoms with Gasteiger partial charge in [-0.25, -0.2) is 4.98 Å². The first-order valence-electron chi connectivity index (χ1n) is 16.8. The number of anilines is 3. The van der Waals surface area contributed by atoms with E-state index in [-0.39, 0.29) is 5.41 Å². The number of oxazole rings is 1. The van der Waals surface area contributed by atoms with Crippen molar-refractivity contribution in [1.29, 1.82) is 0 Å². The molecule has 0 radical (unpaired) electrons. The standard InChI is InChI=1S/C46H34N2O/c1-46(2)41-16-10-9-15-39(41)40-27-25-37(29-42(40)46)48(36-23-21-34(22-24-36)32-13-7-4-8-14-32)38-26-28-44-43(30-38)47-45(49-44)35-19-17-33(18-20-35)31-11-5-3-6-12-31/h3-30H,1-2H3. The van der Waals surface area contributed by atoms with Crippen molar-refractivity contribution in [1.82, 2.24) is 4.98 Å². The number of rotatable bonds is 6. The summed E-state index contributed by atoms with van der Waals surface area (Å²) >= 11 is 0. The van der Waals surface area contributed by atoms with E-state index < -0.39 is 0 Å². The van der Waals surface area contributed by atoms with Gasteiger partial charge in [0.1, 0.15) is 5.52 Å². The van der Waals surface area contributed by atoms with Gasteiger partial charge < -0.3 is 9.32 Å². The lowest BCUT2D eigenvalue weighted by molar-refractivity contribution is 0.620. The van der Waals surface area contributed by atoms with Crippen LogP contribution < -0.4 is 4.90 Å². The Morgan fingerprint density at radius 2 is 0.959 bits per heavy atom. The van der Waals surface area contributed by atoms with Crippen molar-refractivity contribution in [2.45, 2.75) is 19.3 Å². The van der Waals surface area contributed by atoms with Crippen molar-refractivity contribution >= 4 is 28.2 Å². The molecule has 0 N–H and O–H groups in total. The highest BCUT2D eigenvalue weighted by molar-refractivity contribution is 5.89. The van der Waals surface area contributed by atoms with Gasteiger partial charge in [0.25, 0.3) is 0 Å². The molecule has 8 aromatic rings. The predicted octanol–water partition coefficient (Wildman–Crippen LogP) is 12.6. The fourth-order valence-electron chi connectivity index (χ4n) is 7.33. The summed E-state index contributed by atoms with van der Waals surface area (Å²) in [6.07, 6.45) is 0. The van der Waals surface area contributed by atoms with E-state index in [2.05, 4.69) is 176 Å². The van der Waals surface area contributed by atoms with Crippen LogP contribution in [-0.2, 0) is 5.41 Å². The molecule has 1 aliphatic carbocycles. The summed E-state index contributed by atoms with van der Waals surface area (Å²) in [6.45, 7) is 4.66. The zero-order chi connectivity index (χ0) is 33.0. The van der Waals surface area contributed by atoms with Gasteiger partial charge >= 0.3 is 0 Å². The molecule has 7 aromatic carbocycles. The number of hydrogen-bond acceptors (Lipinski definition) is 3. The van der Waals surface area contributed by atoms with Crippen LogP contribution in [0.5, 0.6) is 0 Å². The first kappa shape index (κ1) is 29.0. The molecule has 3 nitrogen and oxygen atoms in total. The molecule has 234 valence electrons. The zero-order valence-electron chi connectivity index (χ0n) is 27.5. The summed E-state index contributed by atoms with van der Waals surface area (Å²) in [4.78, 5) is 7.31. The van der Waals surface area contributed by atoms with Crippen LogP contribution in [0.3, 0.4) is 0 Å². The van der Waals surface area contributed by atoms with Crippen molar-refractivity contribution in [3.63, 3.8) is 0 Å². The van der Waals surface area contributed by atoms with E-state index in [0.29, 0.717) is 5.89 Å². The van der Waals surface area contributed by atoms with Crippen molar-refractivity contribution in [3.8, 4) is 44.8 Å². The Morgan fingerprint density at radius 3 is 1.65 bits per heavy atom. The third-order valence-corrected chi connectivity index (χ3v) is 9.93. The maximum atomic E-state index is 6.30. The highest BCUT2D eigenvalue weighted by Gasteiger charge is 2.35. The summed E-state index contributed by atoms with van der Waals surface area (Å²) in [5.74, 6) is 0.613. The molecule has 0 bridgehead atoms. The topological polar surface area (TPSA) is 29.3 Å². The third-order valence-electron chi connectivity index (χ3n) is 9.93. The van der Waals surface area contributed by atoms with E-state index in [4.69, 9.17) is 9.40 Å². The predicted molar refractivity (Wildman–Crippen MR) is 203 cm³/mol. The molecule has 0 fully saturated rings. The summed E-state index contributed by atoms with van der Waals surface area (Å²) in [5.41, 5.74) is 15.7. The second-order valence-corrected chi connectivity index (χ2v) is 13.3. The molecule has 0 spiro atoms. The van der Waals surface area contributed by atoms with Gasteiger partial charge in [-0.1, -0.05) is 129 Å². The lowest BCUT2D eigenvalue weighted by atomic mass is 9.82. The Bertz CT molecular complexity index is 2440. The van der Waals surface area contributed by atoms with Gasteiger partial charge in [0, 0.05) is 28.0 Å². The van der Waals surface area contributed by atoms with Gasteiger partial charge in [-0.3, -0.25) is 0 Å². The van der Waals surface area contributed by atoms with Crippen LogP contribution >= 0.6 is 0 Å². The number of hydrogen-bond donors (Lipinski definition) is 0. The van der Waals surface area contributed by atoms with Crippen LogP contribution in [0, 0.1) is 0 Å². The Hall–Kier alpha value is -6.19. The Kier molecular flexibility index (Phi) is 6.80. The molecule has 1 aliphatic rings. The number of aromatic nitrogens is 1. The van der Waals surface area contributed by atoms with Crippen LogP contribution in [0.2, 0.25) is 0 Å². The Morgan fingerprint density at radius 1 is 0.449 bits per heavy atom. The summed E-state index contributed by atoms with van der Waals surface area (Å²) in [6, 6.07) is 60.2. The van der Waals surface area contributed by atoms with E-state index >= 15 is 0 Å². The smallest absolute Gasteiger partial charge is 0.227 e. The molecule has 0 saturated carbocycles. The minimum atomic E-state index is -0.105. The molecule has 0 unspecified atom stereocenters. The number of benzene rings is 7. The summed E-state index contributed by atoms with van der Waals surface area (Å²) < 4.78 is 6.30. The van der Waals surface area contributed by atoms with Gasteiger partial charge in [0.15, 0.2) is 5.58 Å². The van der Waals surface area contributed by atoms with Crippen LogP contribution in [0.1, 0.15) is 25.0 Å². The van der Waals surface area contributed by atoms with Crippen molar-refractivity contribution < 1.29 is 4.42 Å². The summed E-state index contributed by atoms with van der Waals surface area (Å²) in [5, 5.41) is 0. The lowest BCUT2D eigenvalue weighted by Crippen LogP contribution is -2.16. The largest absolute Gasteiger partial charge is 0.436 e. The van der Waals surface area contributed by atoms with Gasteiger partial charge in [-0.05, 0) is 99.1 Å². The van der Waals surface area contributed by atoms with E-state index in [0.717, 1.165) is 39.3 Å². The van der Waals surface area contributed by atoms with E-state index in [1.807, 2.05) is 12.1 Å². The maximum absolute atomic E-state index is 6.30. The quantitative estimate of drug-likeness (QED) is 0.183. The second-order valence-electron chi connectivity index (χ2n) is 13.3. The highest BCUT2D eigenvalue weighted by atomic mass is 16.3. The van der Waals surface area contributed by atoms with Gasteiger partial charge in [0.05, 0.1) is 0 Å². The van der Waals surface area contributed by atoms with Crippen molar-refractivity contribution in [2.24, 2.45) is 0 Å². The minimum absolute atomic E-state index is 0.105. The van der Waals surface area contributed by atoms with Crippen molar-refractivity contribution in [2.75, 3.05) is 4.90 Å². The van der Waals surface area contributed by atoms with E-state index in [9.17, 15) is 0 Å². The third kappa shape index (κ3) is 5.03. The summed E-state index contributed by atoms with van der Waals surface area (Å²) in [7, 11) is 0. The van der Waals surface area contributed by atoms with Gasteiger partial charge in [-0.2, -0.15) is 0 Å². The maximum Gasteiger partial charge on any atom is 0.227 e. The lowest BCUT2D eigenvalue weighted by Gasteiger charge is -2.28. The van der Waals surface area contributed by atoms with Crippen LogP contribution in [-0.4, -0.2) is 4.98 Å². The number of nitrogens with zero attached hydrogens (tertiary/aromatic N) is 2. The van der Waals surface area contributed by atoms with Gasteiger partial charge in [0.2, 0.25) is 5.89 Å². The van der Waals surface area contributed by atoms with E-state index in [1.54, 1.807) is 0 Å². The van der Waals surface area contributed by atoms with Crippen LogP contribution in [0.25, 0.3) is 55.9 Å². The fraction of sp³-hybridized carbons (Fsp3) is 0.0652. The molecular formula is C46H34N2O. The Labute approximate surface area is 286 Å².